The van der Waals surface area contributed by atoms with E-state index in [1.807, 2.05) is 0 Å². The van der Waals surface area contributed by atoms with Crippen molar-refractivity contribution in [3.05, 3.63) is 0 Å². The first-order valence-electron chi connectivity index (χ1n) is 3.08. The second-order valence-corrected chi connectivity index (χ2v) is 3.08. The first kappa shape index (κ1) is 9.81. The van der Waals surface area contributed by atoms with Gasteiger partial charge in [0.1, 0.15) is 0 Å². The van der Waals surface area contributed by atoms with Crippen molar-refractivity contribution in [2.75, 3.05) is 0 Å². The van der Waals surface area contributed by atoms with Crippen LogP contribution in [0.1, 0.15) is 20.8 Å². The summed E-state index contributed by atoms with van der Waals surface area (Å²) < 4.78 is 3.86. The predicted octanol–water partition coefficient (Wildman–Crippen LogP) is 0.301. The van der Waals surface area contributed by atoms with Gasteiger partial charge in [0.2, 0.25) is 5.78 Å². The van der Waals surface area contributed by atoms with Crippen LogP contribution in [0.25, 0.3) is 0 Å². The van der Waals surface area contributed by atoms with Crippen molar-refractivity contribution in [1.82, 2.24) is 0 Å². The fourth-order valence-electron chi connectivity index (χ4n) is 0.403. The van der Waals surface area contributed by atoms with Crippen molar-refractivity contribution in [3.63, 3.8) is 0 Å². The molecule has 0 atom stereocenters. The summed E-state index contributed by atoms with van der Waals surface area (Å²) in [6, 6.07) is 0. The zero-order chi connectivity index (χ0) is 9.07. The highest BCUT2D eigenvalue weighted by Crippen LogP contribution is 2.14. The number of hydrogen-bond acceptors (Lipinski definition) is 4. The lowest BCUT2D eigenvalue weighted by Gasteiger charge is -2.12. The summed E-state index contributed by atoms with van der Waals surface area (Å²) in [4.78, 5) is 31.2. The van der Waals surface area contributed by atoms with Gasteiger partial charge < -0.3 is 4.74 Å². The molecule has 0 saturated carbocycles. The lowest BCUT2D eigenvalue weighted by Crippen LogP contribution is -2.29. The van der Waals surface area contributed by atoms with Gasteiger partial charge in [0, 0.05) is 5.41 Å². The van der Waals surface area contributed by atoms with Crippen molar-refractivity contribution in [3.8, 4) is 0 Å². The Balaban J connectivity index is 4.26. The Kier molecular flexibility index (Phi) is 2.92. The Hall–Kier alpha value is -1.19. The van der Waals surface area contributed by atoms with Gasteiger partial charge >= 0.3 is 12.4 Å². The molecule has 0 amide bonds. The first-order chi connectivity index (χ1) is 4.89. The molecule has 0 aliphatic heterocycles. The lowest BCUT2D eigenvalue weighted by atomic mass is 9.91. The second-order valence-electron chi connectivity index (χ2n) is 3.08. The molecular weight excluding hydrogens is 148 g/mol. The minimum absolute atomic E-state index is 0.0496. The average molecular weight is 158 g/mol. The molecule has 62 valence electrons. The van der Waals surface area contributed by atoms with Gasteiger partial charge in [-0.15, -0.1) is 0 Å². The summed E-state index contributed by atoms with van der Waals surface area (Å²) in [5.74, 6) is -1.81. The zero-order valence-electron chi connectivity index (χ0n) is 6.71. The summed E-state index contributed by atoms with van der Waals surface area (Å²) in [6.07, 6.45) is 0. The van der Waals surface area contributed by atoms with Crippen molar-refractivity contribution in [1.29, 1.82) is 0 Å². The Bertz CT molecular complexity index is 187. The van der Waals surface area contributed by atoms with Gasteiger partial charge in [-0.1, -0.05) is 20.8 Å². The molecule has 0 spiro atoms. The zero-order valence-corrected chi connectivity index (χ0v) is 6.71. The molecule has 4 nitrogen and oxygen atoms in total. The molecule has 0 rings (SSSR count). The standard InChI is InChI=1S/C7H10O4/c1-7(2,3)5(9)6(10)11-4-8/h4H,1-3H3. The highest BCUT2D eigenvalue weighted by atomic mass is 16.6. The van der Waals surface area contributed by atoms with E-state index in [-0.39, 0.29) is 6.47 Å². The molecule has 0 bridgehead atoms. The number of hydrogen-bond donors (Lipinski definition) is 0. The van der Waals surface area contributed by atoms with Crippen LogP contribution in [-0.2, 0) is 19.1 Å². The van der Waals surface area contributed by atoms with E-state index in [0.717, 1.165) is 0 Å². The van der Waals surface area contributed by atoms with E-state index in [0.29, 0.717) is 0 Å². The van der Waals surface area contributed by atoms with E-state index < -0.39 is 17.2 Å². The van der Waals surface area contributed by atoms with Crippen LogP contribution in [0.2, 0.25) is 0 Å². The molecule has 0 heterocycles. The molecule has 11 heavy (non-hydrogen) atoms. The Morgan fingerprint density at radius 3 is 2.00 bits per heavy atom. The number of ketones is 1. The number of Topliss-reactive ketones (excluding diaryl/α,β-unsaturated/α-hetero) is 1. The van der Waals surface area contributed by atoms with Crippen molar-refractivity contribution in [2.45, 2.75) is 20.8 Å². The lowest BCUT2D eigenvalue weighted by molar-refractivity contribution is -0.160. The topological polar surface area (TPSA) is 60.4 Å². The number of rotatable bonds is 2. The molecule has 4 heteroatoms. The van der Waals surface area contributed by atoms with Gasteiger partial charge in [0.25, 0.3) is 0 Å². The maximum Gasteiger partial charge on any atom is 0.382 e. The highest BCUT2D eigenvalue weighted by Gasteiger charge is 2.29. The van der Waals surface area contributed by atoms with E-state index in [1.165, 1.54) is 0 Å². The number of ether oxygens (including phenoxy) is 1. The van der Waals surface area contributed by atoms with Gasteiger partial charge in [-0.2, -0.15) is 0 Å². The Morgan fingerprint density at radius 1 is 1.27 bits per heavy atom. The quantitative estimate of drug-likeness (QED) is 0.251. The van der Waals surface area contributed by atoms with E-state index in [1.54, 1.807) is 20.8 Å². The molecule has 0 saturated heterocycles. The minimum Gasteiger partial charge on any atom is -0.390 e. The maximum atomic E-state index is 10.9. The van der Waals surface area contributed by atoms with Crippen LogP contribution in [0, 0.1) is 5.41 Å². The second kappa shape index (κ2) is 3.27. The normalized spacial score (nSPS) is 10.5. The SMILES string of the molecule is CC(C)(C)C(=O)C(=O)OC=O. The summed E-state index contributed by atoms with van der Waals surface area (Å²) in [5.41, 5.74) is -0.792. The van der Waals surface area contributed by atoms with Crippen molar-refractivity contribution < 1.29 is 19.1 Å². The maximum absolute atomic E-state index is 10.9. The molecule has 0 unspecified atom stereocenters. The monoisotopic (exact) mass is 158 g/mol. The minimum atomic E-state index is -1.10. The van der Waals surface area contributed by atoms with E-state index in [4.69, 9.17) is 0 Å². The smallest absolute Gasteiger partial charge is 0.382 e. The molecule has 0 aliphatic rings. The molecule has 0 fully saturated rings. The van der Waals surface area contributed by atoms with E-state index in [2.05, 4.69) is 4.74 Å². The molecule has 0 radical (unpaired) electrons. The molecule has 0 aromatic rings. The molecule has 0 N–H and O–H groups in total. The number of carbonyl (C=O) groups excluding carboxylic acids is 3. The van der Waals surface area contributed by atoms with Crippen LogP contribution in [0.3, 0.4) is 0 Å². The van der Waals surface area contributed by atoms with Crippen molar-refractivity contribution >= 4 is 18.2 Å². The Labute approximate surface area is 64.5 Å². The van der Waals surface area contributed by atoms with Crippen LogP contribution in [-0.4, -0.2) is 18.2 Å². The molecular formula is C7H10O4. The first-order valence-corrected chi connectivity index (χ1v) is 3.08. The fraction of sp³-hybridized carbons (Fsp3) is 0.571. The van der Waals surface area contributed by atoms with Gasteiger partial charge in [-0.3, -0.25) is 9.59 Å². The van der Waals surface area contributed by atoms with Crippen LogP contribution >= 0.6 is 0 Å². The third-order valence-electron chi connectivity index (χ3n) is 1.02. The third-order valence-corrected chi connectivity index (χ3v) is 1.02. The van der Waals surface area contributed by atoms with E-state index in [9.17, 15) is 14.4 Å². The predicted molar refractivity (Wildman–Crippen MR) is 36.6 cm³/mol. The molecule has 0 aromatic carbocycles. The van der Waals surface area contributed by atoms with Crippen LogP contribution < -0.4 is 0 Å². The summed E-state index contributed by atoms with van der Waals surface area (Å²) in [5, 5.41) is 0. The largest absolute Gasteiger partial charge is 0.390 e. The van der Waals surface area contributed by atoms with Gasteiger partial charge in [-0.05, 0) is 0 Å². The average Bonchev–Trinajstić information content (AvgIpc) is 1.85. The van der Waals surface area contributed by atoms with E-state index >= 15 is 0 Å². The van der Waals surface area contributed by atoms with Gasteiger partial charge in [-0.25, -0.2) is 4.79 Å². The van der Waals surface area contributed by atoms with Crippen LogP contribution in [0.15, 0.2) is 0 Å². The van der Waals surface area contributed by atoms with Crippen molar-refractivity contribution in [2.24, 2.45) is 5.41 Å². The van der Waals surface area contributed by atoms with Gasteiger partial charge in [0.15, 0.2) is 0 Å². The summed E-state index contributed by atoms with van der Waals surface area (Å²) in [7, 11) is 0. The summed E-state index contributed by atoms with van der Waals surface area (Å²) >= 11 is 0. The Morgan fingerprint density at radius 2 is 1.73 bits per heavy atom. The molecule has 0 aliphatic carbocycles. The fourth-order valence-corrected chi connectivity index (χ4v) is 0.403. The van der Waals surface area contributed by atoms with Crippen LogP contribution in [0.4, 0.5) is 0 Å². The summed E-state index contributed by atoms with van der Waals surface area (Å²) in [6.45, 7) is 4.66. The number of carbonyl (C=O) groups is 3. The third kappa shape index (κ3) is 2.93. The van der Waals surface area contributed by atoms with Gasteiger partial charge in [0.05, 0.1) is 0 Å². The number of esters is 1. The molecule has 0 aromatic heterocycles. The highest BCUT2D eigenvalue weighted by molar-refractivity contribution is 6.36. The van der Waals surface area contributed by atoms with Crippen LogP contribution in [0.5, 0.6) is 0 Å².